The lowest BCUT2D eigenvalue weighted by atomic mass is 10.2. The largest absolute Gasteiger partial charge is 0.309 e. The molecule has 0 aliphatic carbocycles. The zero-order chi connectivity index (χ0) is 19.5. The number of pyridine rings is 1. The summed E-state index contributed by atoms with van der Waals surface area (Å²) in [4.78, 5) is 7.12. The SMILES string of the molecule is C1=NN(c2cccc(N(c3ccccc3)c3cccc(-n4cccc4)n3)c2)CC1. The van der Waals surface area contributed by atoms with Gasteiger partial charge in [-0.3, -0.25) is 9.91 Å². The fourth-order valence-corrected chi connectivity index (χ4v) is 3.54. The number of anilines is 4. The normalized spacial score (nSPS) is 13.0. The van der Waals surface area contributed by atoms with Crippen LogP contribution in [0.4, 0.5) is 22.9 Å². The standard InChI is InChI=1S/C24H21N5/c1-2-9-20(10-3-1)29(22-12-6-11-21(19-22)28-18-8-15-25-28)24-14-7-13-23(26-24)27-16-4-5-17-27/h1-7,9-17,19H,8,18H2. The van der Waals surface area contributed by atoms with Crippen molar-refractivity contribution in [3.8, 4) is 5.82 Å². The molecule has 3 heterocycles. The summed E-state index contributed by atoms with van der Waals surface area (Å²) in [6, 6.07) is 28.9. The van der Waals surface area contributed by atoms with Crippen LogP contribution in [-0.2, 0) is 0 Å². The summed E-state index contributed by atoms with van der Waals surface area (Å²) in [6.07, 6.45) is 6.95. The Morgan fingerprint density at radius 1 is 0.759 bits per heavy atom. The smallest absolute Gasteiger partial charge is 0.140 e. The fourth-order valence-electron chi connectivity index (χ4n) is 3.54. The lowest BCUT2D eigenvalue weighted by Gasteiger charge is -2.26. The molecular weight excluding hydrogens is 358 g/mol. The average molecular weight is 379 g/mol. The van der Waals surface area contributed by atoms with Crippen molar-refractivity contribution in [2.24, 2.45) is 5.10 Å². The Kier molecular flexibility index (Phi) is 4.54. The number of rotatable bonds is 5. The minimum atomic E-state index is 0.865. The van der Waals surface area contributed by atoms with Crippen LogP contribution in [0.25, 0.3) is 5.82 Å². The quantitative estimate of drug-likeness (QED) is 0.457. The van der Waals surface area contributed by atoms with E-state index in [0.717, 1.165) is 41.7 Å². The topological polar surface area (TPSA) is 36.7 Å². The monoisotopic (exact) mass is 379 g/mol. The van der Waals surface area contributed by atoms with Gasteiger partial charge in [0.05, 0.1) is 5.69 Å². The lowest BCUT2D eigenvalue weighted by Crippen LogP contribution is -2.15. The number of aromatic nitrogens is 2. The van der Waals surface area contributed by atoms with E-state index in [2.05, 4.69) is 46.4 Å². The molecule has 2 aromatic carbocycles. The van der Waals surface area contributed by atoms with Crippen molar-refractivity contribution >= 4 is 29.1 Å². The molecule has 29 heavy (non-hydrogen) atoms. The molecule has 1 aliphatic heterocycles. The Hall–Kier alpha value is -3.86. The Morgan fingerprint density at radius 3 is 2.34 bits per heavy atom. The first-order valence-corrected chi connectivity index (χ1v) is 9.74. The molecular formula is C24H21N5. The van der Waals surface area contributed by atoms with Gasteiger partial charge in [-0.05, 0) is 54.6 Å². The van der Waals surface area contributed by atoms with E-state index >= 15 is 0 Å². The van der Waals surface area contributed by atoms with E-state index in [1.54, 1.807) is 0 Å². The van der Waals surface area contributed by atoms with E-state index in [9.17, 15) is 0 Å². The molecule has 0 N–H and O–H groups in total. The van der Waals surface area contributed by atoms with Gasteiger partial charge in [-0.25, -0.2) is 4.98 Å². The molecule has 2 aromatic heterocycles. The van der Waals surface area contributed by atoms with Crippen LogP contribution in [0.5, 0.6) is 0 Å². The summed E-state index contributed by atoms with van der Waals surface area (Å²) in [5.41, 5.74) is 3.19. The Balaban J connectivity index is 1.61. The molecule has 0 radical (unpaired) electrons. The lowest BCUT2D eigenvalue weighted by molar-refractivity contribution is 0.921. The number of benzene rings is 2. The summed E-state index contributed by atoms with van der Waals surface area (Å²) in [5, 5.41) is 6.51. The summed E-state index contributed by atoms with van der Waals surface area (Å²) in [7, 11) is 0. The summed E-state index contributed by atoms with van der Waals surface area (Å²) < 4.78 is 2.02. The van der Waals surface area contributed by atoms with Gasteiger partial charge in [-0.2, -0.15) is 5.10 Å². The van der Waals surface area contributed by atoms with Crippen LogP contribution in [0.1, 0.15) is 6.42 Å². The second kappa shape index (κ2) is 7.64. The van der Waals surface area contributed by atoms with Crippen molar-refractivity contribution in [1.82, 2.24) is 9.55 Å². The van der Waals surface area contributed by atoms with Crippen molar-refractivity contribution in [1.29, 1.82) is 0 Å². The van der Waals surface area contributed by atoms with E-state index in [1.165, 1.54) is 0 Å². The van der Waals surface area contributed by atoms with E-state index in [0.29, 0.717) is 0 Å². The summed E-state index contributed by atoms with van der Waals surface area (Å²) in [5.74, 6) is 1.75. The maximum atomic E-state index is 4.94. The van der Waals surface area contributed by atoms with Crippen LogP contribution >= 0.6 is 0 Å². The van der Waals surface area contributed by atoms with Gasteiger partial charge in [-0.1, -0.05) is 30.3 Å². The maximum absolute atomic E-state index is 4.94. The number of hydrogen-bond acceptors (Lipinski definition) is 4. The Labute approximate surface area is 170 Å². The molecule has 5 heteroatoms. The van der Waals surface area contributed by atoms with Gasteiger partial charge in [0, 0.05) is 42.9 Å². The van der Waals surface area contributed by atoms with E-state index in [-0.39, 0.29) is 0 Å². The van der Waals surface area contributed by atoms with Gasteiger partial charge < -0.3 is 4.57 Å². The number of hydrazone groups is 1. The molecule has 5 nitrogen and oxygen atoms in total. The average Bonchev–Trinajstić information content (AvgIpc) is 3.50. The predicted octanol–water partition coefficient (Wildman–Crippen LogP) is 5.54. The third-order valence-electron chi connectivity index (χ3n) is 4.91. The van der Waals surface area contributed by atoms with Crippen LogP contribution in [0.2, 0.25) is 0 Å². The zero-order valence-electron chi connectivity index (χ0n) is 16.0. The van der Waals surface area contributed by atoms with Gasteiger partial charge in [0.1, 0.15) is 11.6 Å². The fraction of sp³-hybridized carbons (Fsp3) is 0.0833. The first-order chi connectivity index (χ1) is 14.4. The molecule has 142 valence electrons. The highest BCUT2D eigenvalue weighted by Crippen LogP contribution is 2.35. The molecule has 0 amide bonds. The molecule has 0 fully saturated rings. The minimum Gasteiger partial charge on any atom is -0.309 e. The van der Waals surface area contributed by atoms with Gasteiger partial charge in [0.15, 0.2) is 0 Å². The van der Waals surface area contributed by atoms with Crippen LogP contribution in [0.3, 0.4) is 0 Å². The molecule has 5 rings (SSSR count). The van der Waals surface area contributed by atoms with Gasteiger partial charge in [0.25, 0.3) is 0 Å². The van der Waals surface area contributed by atoms with Crippen molar-refractivity contribution < 1.29 is 0 Å². The zero-order valence-corrected chi connectivity index (χ0v) is 16.0. The summed E-state index contributed by atoms with van der Waals surface area (Å²) >= 11 is 0. The van der Waals surface area contributed by atoms with Gasteiger partial charge >= 0.3 is 0 Å². The van der Waals surface area contributed by atoms with E-state index in [4.69, 9.17) is 4.98 Å². The summed E-state index contributed by atoms with van der Waals surface area (Å²) in [6.45, 7) is 0.913. The highest BCUT2D eigenvalue weighted by Gasteiger charge is 2.16. The van der Waals surface area contributed by atoms with E-state index in [1.807, 2.05) is 76.7 Å². The van der Waals surface area contributed by atoms with Crippen LogP contribution in [-0.4, -0.2) is 22.3 Å². The van der Waals surface area contributed by atoms with Crippen molar-refractivity contribution in [2.45, 2.75) is 6.42 Å². The molecule has 0 bridgehead atoms. The Morgan fingerprint density at radius 2 is 1.55 bits per heavy atom. The third-order valence-corrected chi connectivity index (χ3v) is 4.91. The molecule has 0 spiro atoms. The number of para-hydroxylation sites is 1. The molecule has 4 aromatic rings. The first kappa shape index (κ1) is 17.3. The maximum Gasteiger partial charge on any atom is 0.140 e. The highest BCUT2D eigenvalue weighted by molar-refractivity contribution is 5.77. The molecule has 0 saturated heterocycles. The first-order valence-electron chi connectivity index (χ1n) is 9.74. The third kappa shape index (κ3) is 3.50. The van der Waals surface area contributed by atoms with E-state index < -0.39 is 0 Å². The van der Waals surface area contributed by atoms with Crippen molar-refractivity contribution in [3.05, 3.63) is 97.3 Å². The second-order valence-corrected chi connectivity index (χ2v) is 6.84. The second-order valence-electron chi connectivity index (χ2n) is 6.84. The number of nitrogens with zero attached hydrogens (tertiary/aromatic N) is 5. The van der Waals surface area contributed by atoms with Crippen LogP contribution in [0.15, 0.2) is 102 Å². The van der Waals surface area contributed by atoms with Crippen molar-refractivity contribution in [2.75, 3.05) is 16.5 Å². The molecule has 0 saturated carbocycles. The van der Waals surface area contributed by atoms with Gasteiger partial charge in [-0.15, -0.1) is 0 Å². The molecule has 0 unspecified atom stereocenters. The van der Waals surface area contributed by atoms with Gasteiger partial charge in [0.2, 0.25) is 0 Å². The Bertz CT molecular complexity index is 1120. The van der Waals surface area contributed by atoms with Crippen molar-refractivity contribution in [3.63, 3.8) is 0 Å². The van der Waals surface area contributed by atoms with Crippen LogP contribution < -0.4 is 9.91 Å². The minimum absolute atomic E-state index is 0.865. The van der Waals surface area contributed by atoms with Crippen LogP contribution in [0, 0.1) is 0 Å². The highest BCUT2D eigenvalue weighted by atomic mass is 15.5. The predicted molar refractivity (Wildman–Crippen MR) is 119 cm³/mol. The molecule has 0 atom stereocenters. The number of hydrogen-bond donors (Lipinski definition) is 0. The molecule has 1 aliphatic rings.